The Kier molecular flexibility index (Phi) is 7.91. The molecule has 260 valence electrons. The van der Waals surface area contributed by atoms with Crippen molar-refractivity contribution in [3.8, 4) is 17.2 Å². The van der Waals surface area contributed by atoms with E-state index in [1.807, 2.05) is 48.5 Å². The van der Waals surface area contributed by atoms with E-state index >= 15 is 0 Å². The van der Waals surface area contributed by atoms with Gasteiger partial charge in [-0.15, -0.1) is 0 Å². The first-order chi connectivity index (χ1) is 26.3. The summed E-state index contributed by atoms with van der Waals surface area (Å²) in [4.78, 5) is 10.5. The summed E-state index contributed by atoms with van der Waals surface area (Å²) >= 11 is 0. The highest BCUT2D eigenvalue weighted by atomic mass is 15.2. The van der Waals surface area contributed by atoms with Crippen molar-refractivity contribution < 1.29 is 0 Å². The van der Waals surface area contributed by atoms with E-state index in [0.29, 0.717) is 11.4 Å². The molecule has 0 radical (unpaired) electrons. The third-order valence-corrected chi connectivity index (χ3v) is 11.6. The van der Waals surface area contributed by atoms with Crippen LogP contribution in [-0.4, -0.2) is 11.7 Å². The molecule has 4 heteroatoms. The minimum Gasteiger partial charge on any atom is -0.344 e. The average Bonchev–Trinajstić information content (AvgIpc) is 3.47. The van der Waals surface area contributed by atoms with E-state index in [2.05, 4.69) is 148 Å². The lowest BCUT2D eigenvalue weighted by Gasteiger charge is -2.47. The first-order valence-corrected chi connectivity index (χ1v) is 18.6. The Balaban J connectivity index is 1.23. The zero-order valence-electron chi connectivity index (χ0n) is 30.9. The maximum Gasteiger partial charge on any atom is 0.159 e. The van der Waals surface area contributed by atoms with Gasteiger partial charge in [0.15, 0.2) is 5.84 Å². The van der Waals surface area contributed by atoms with Crippen LogP contribution in [0.15, 0.2) is 173 Å². The van der Waals surface area contributed by atoms with Crippen LogP contribution in [0.4, 0.5) is 0 Å². The highest BCUT2D eigenvalue weighted by Crippen LogP contribution is 2.61. The van der Waals surface area contributed by atoms with Gasteiger partial charge in [-0.05, 0) is 93.3 Å². The summed E-state index contributed by atoms with van der Waals surface area (Å²) in [5.41, 5.74) is 15.5. The van der Waals surface area contributed by atoms with E-state index in [1.165, 1.54) is 44.5 Å². The maximum atomic E-state index is 9.55. The number of aliphatic imine (C=N–C) groups is 2. The minimum absolute atomic E-state index is 0.268. The van der Waals surface area contributed by atoms with Crippen LogP contribution in [-0.2, 0) is 10.8 Å². The Morgan fingerprint density at radius 1 is 0.648 bits per heavy atom. The van der Waals surface area contributed by atoms with Crippen molar-refractivity contribution >= 4 is 17.2 Å². The molecule has 6 aromatic rings. The fourth-order valence-corrected chi connectivity index (χ4v) is 9.05. The Morgan fingerprint density at radius 2 is 1.30 bits per heavy atom. The summed E-state index contributed by atoms with van der Waals surface area (Å²) in [7, 11) is 0. The molecule has 0 fully saturated rings. The van der Waals surface area contributed by atoms with Crippen LogP contribution >= 0.6 is 0 Å². The second-order valence-corrected chi connectivity index (χ2v) is 14.9. The molecule has 1 N–H and O–H groups in total. The van der Waals surface area contributed by atoms with Crippen LogP contribution < -0.4 is 5.32 Å². The van der Waals surface area contributed by atoms with Crippen molar-refractivity contribution in [2.24, 2.45) is 9.98 Å². The van der Waals surface area contributed by atoms with Crippen LogP contribution in [0.1, 0.15) is 89.5 Å². The monoisotopic (exact) mass is 696 g/mol. The number of fused-ring (bicyclic) bond motifs is 6. The number of hydrogen-bond acceptors (Lipinski definition) is 4. The zero-order valence-corrected chi connectivity index (χ0v) is 30.9. The highest BCUT2D eigenvalue weighted by molar-refractivity contribution is 6.13. The van der Waals surface area contributed by atoms with Gasteiger partial charge in [0.25, 0.3) is 0 Å². The van der Waals surface area contributed by atoms with Gasteiger partial charge in [-0.1, -0.05) is 153 Å². The Hall–Kier alpha value is -6.57. The van der Waals surface area contributed by atoms with Gasteiger partial charge < -0.3 is 5.32 Å². The van der Waals surface area contributed by atoms with Crippen molar-refractivity contribution in [1.82, 2.24) is 5.32 Å². The van der Waals surface area contributed by atoms with Crippen molar-refractivity contribution in [2.75, 3.05) is 0 Å². The average molecular weight is 697 g/mol. The largest absolute Gasteiger partial charge is 0.344 e. The Bertz CT molecular complexity index is 2650. The van der Waals surface area contributed by atoms with E-state index in [4.69, 9.17) is 9.98 Å². The summed E-state index contributed by atoms with van der Waals surface area (Å²) in [5.74, 6) is 1.44. The SMILES string of the molecule is C/C=C\C1=C(C)C2(c3ccccc31)c1ccccc1C(C)(C)c1cc(C3N=C(c4cccc(-c5cccc(C#N)c5)c4)N=C(c4ccccc4)N3)ccc12. The van der Waals surface area contributed by atoms with E-state index in [1.54, 1.807) is 0 Å². The molecule has 0 saturated carbocycles. The molecule has 0 amide bonds. The second-order valence-electron chi connectivity index (χ2n) is 14.9. The third-order valence-electron chi connectivity index (χ3n) is 11.6. The third kappa shape index (κ3) is 5.04. The number of hydrogen-bond donors (Lipinski definition) is 1. The molecule has 2 aliphatic carbocycles. The molecular weight excluding hydrogens is 657 g/mol. The maximum absolute atomic E-state index is 9.55. The number of benzene rings is 6. The Labute approximate surface area is 317 Å². The van der Waals surface area contributed by atoms with Gasteiger partial charge in [-0.2, -0.15) is 5.26 Å². The molecule has 1 heterocycles. The molecule has 0 saturated heterocycles. The second kappa shape index (κ2) is 12.8. The van der Waals surface area contributed by atoms with E-state index in [0.717, 1.165) is 33.7 Å². The normalized spacial score (nSPS) is 19.4. The summed E-state index contributed by atoms with van der Waals surface area (Å²) in [6, 6.07) is 53.6. The lowest BCUT2D eigenvalue weighted by molar-refractivity contribution is 0.554. The van der Waals surface area contributed by atoms with Gasteiger partial charge >= 0.3 is 0 Å². The number of nitriles is 1. The van der Waals surface area contributed by atoms with Gasteiger partial charge in [0.05, 0.1) is 17.0 Å². The topological polar surface area (TPSA) is 60.5 Å². The summed E-state index contributed by atoms with van der Waals surface area (Å²) < 4.78 is 0. The van der Waals surface area contributed by atoms with E-state index in [9.17, 15) is 5.26 Å². The Morgan fingerprint density at radius 3 is 2.07 bits per heavy atom. The molecule has 54 heavy (non-hydrogen) atoms. The van der Waals surface area contributed by atoms with E-state index < -0.39 is 5.41 Å². The minimum atomic E-state index is -0.417. The van der Waals surface area contributed by atoms with Crippen molar-refractivity contribution in [3.05, 3.63) is 219 Å². The van der Waals surface area contributed by atoms with Crippen LogP contribution in [0, 0.1) is 11.3 Å². The number of nitrogens with zero attached hydrogens (tertiary/aromatic N) is 3. The number of amidine groups is 2. The first-order valence-electron chi connectivity index (χ1n) is 18.6. The molecule has 1 aliphatic heterocycles. The summed E-state index contributed by atoms with van der Waals surface area (Å²) in [6.07, 6.45) is 4.06. The molecule has 0 aromatic heterocycles. The highest BCUT2D eigenvalue weighted by Gasteiger charge is 2.52. The van der Waals surface area contributed by atoms with Gasteiger partial charge in [0.2, 0.25) is 0 Å². The lowest BCUT2D eigenvalue weighted by Crippen LogP contribution is -2.41. The van der Waals surface area contributed by atoms with Crippen LogP contribution in [0.3, 0.4) is 0 Å². The van der Waals surface area contributed by atoms with Gasteiger partial charge in [-0.3, -0.25) is 0 Å². The van der Waals surface area contributed by atoms with Crippen LogP contribution in [0.2, 0.25) is 0 Å². The van der Waals surface area contributed by atoms with Crippen molar-refractivity contribution in [1.29, 1.82) is 5.26 Å². The fourth-order valence-electron chi connectivity index (χ4n) is 9.05. The fraction of sp³-hybridized carbons (Fsp3) is 0.140. The predicted molar refractivity (Wildman–Crippen MR) is 221 cm³/mol. The number of nitrogens with one attached hydrogen (secondary N) is 1. The van der Waals surface area contributed by atoms with Crippen LogP contribution in [0.5, 0.6) is 0 Å². The summed E-state index contributed by atoms with van der Waals surface area (Å²) in [5, 5.41) is 13.3. The molecule has 0 bridgehead atoms. The quantitative estimate of drug-likeness (QED) is 0.195. The van der Waals surface area contributed by atoms with Gasteiger partial charge in [0, 0.05) is 16.5 Å². The molecule has 6 aromatic carbocycles. The zero-order chi connectivity index (χ0) is 37.0. The van der Waals surface area contributed by atoms with Crippen LogP contribution in [0.25, 0.3) is 16.7 Å². The lowest BCUT2D eigenvalue weighted by atomic mass is 9.55. The molecule has 4 nitrogen and oxygen atoms in total. The van der Waals surface area contributed by atoms with E-state index in [-0.39, 0.29) is 11.6 Å². The molecular formula is C50H40N4. The number of allylic oxidation sites excluding steroid dienone is 4. The van der Waals surface area contributed by atoms with Gasteiger partial charge in [0.1, 0.15) is 12.0 Å². The molecule has 1 spiro atoms. The molecule has 2 unspecified atom stereocenters. The smallest absolute Gasteiger partial charge is 0.159 e. The molecule has 9 rings (SSSR count). The molecule has 3 aliphatic rings. The first kappa shape index (κ1) is 33.3. The van der Waals surface area contributed by atoms with Crippen molar-refractivity contribution in [3.63, 3.8) is 0 Å². The number of rotatable bonds is 5. The summed E-state index contributed by atoms with van der Waals surface area (Å²) in [6.45, 7) is 9.16. The van der Waals surface area contributed by atoms with Crippen molar-refractivity contribution in [2.45, 2.75) is 44.7 Å². The predicted octanol–water partition coefficient (Wildman–Crippen LogP) is 11.1. The van der Waals surface area contributed by atoms with Gasteiger partial charge in [-0.25, -0.2) is 9.98 Å². The standard InChI is InChI=1S/C50H40N4/c1-5-15-39-32(2)50(41-23-10-9-22-40(39)41)43-25-12-11-24-42(43)49(3,4)45-30-38(26-27-44(45)50)48-53-46(34-17-7-6-8-18-34)52-47(54-48)37-21-14-20-36(29-37)35-19-13-16-33(28-35)31-51/h5-30,48H,1-4H3,(H,52,53,54)/b15-5-. The molecule has 2 atom stereocenters.